The number of benzene rings is 1. The van der Waals surface area contributed by atoms with Gasteiger partial charge in [-0.1, -0.05) is 29.8 Å². The van der Waals surface area contributed by atoms with Crippen LogP contribution in [0.15, 0.2) is 42.0 Å². The van der Waals surface area contributed by atoms with Crippen molar-refractivity contribution in [3.63, 3.8) is 0 Å². The van der Waals surface area contributed by atoms with E-state index < -0.39 is 0 Å². The summed E-state index contributed by atoms with van der Waals surface area (Å²) in [5.74, 6) is 0.134. The van der Waals surface area contributed by atoms with Gasteiger partial charge in [-0.15, -0.1) is 11.3 Å². The molecule has 1 aliphatic rings. The highest BCUT2D eigenvalue weighted by atomic mass is 32.1. The Balaban J connectivity index is 1.62. The lowest BCUT2D eigenvalue weighted by atomic mass is 10.1. The van der Waals surface area contributed by atoms with Gasteiger partial charge < -0.3 is 9.80 Å². The zero-order valence-electron chi connectivity index (χ0n) is 13.2. The van der Waals surface area contributed by atoms with Crippen LogP contribution in [-0.2, 0) is 0 Å². The van der Waals surface area contributed by atoms with E-state index in [1.807, 2.05) is 30.1 Å². The van der Waals surface area contributed by atoms with Crippen molar-refractivity contribution in [3.05, 3.63) is 46.9 Å². The average molecular weight is 314 g/mol. The number of carbonyl (C=O) groups is 1. The molecule has 0 atom stereocenters. The minimum Gasteiger partial charge on any atom is -0.341 e. The van der Waals surface area contributed by atoms with Crippen LogP contribution in [0.25, 0.3) is 10.1 Å². The van der Waals surface area contributed by atoms with Crippen molar-refractivity contribution in [1.82, 2.24) is 9.80 Å². The highest BCUT2D eigenvalue weighted by Crippen LogP contribution is 2.26. The largest absolute Gasteiger partial charge is 0.341 e. The summed E-state index contributed by atoms with van der Waals surface area (Å²) in [6.45, 7) is 2.95. The van der Waals surface area contributed by atoms with Gasteiger partial charge in [-0.2, -0.15) is 0 Å². The van der Waals surface area contributed by atoms with Crippen LogP contribution in [0.5, 0.6) is 0 Å². The van der Waals surface area contributed by atoms with E-state index in [0.717, 1.165) is 42.7 Å². The first-order chi connectivity index (χ1) is 10.6. The molecule has 0 N–H and O–H groups in total. The van der Waals surface area contributed by atoms with Crippen LogP contribution in [0.2, 0.25) is 0 Å². The summed E-state index contributed by atoms with van der Waals surface area (Å²) in [6.07, 6.45) is 4.42. The fraction of sp³-hybridized carbons (Fsp3) is 0.389. The molecule has 0 aliphatic carbocycles. The Labute approximate surface area is 135 Å². The molecular formula is C18H22N2OS. The van der Waals surface area contributed by atoms with Gasteiger partial charge in [0.2, 0.25) is 0 Å². The smallest absolute Gasteiger partial charge is 0.263 e. The van der Waals surface area contributed by atoms with Gasteiger partial charge in [-0.05, 0) is 37.4 Å². The molecule has 1 aromatic heterocycles. The van der Waals surface area contributed by atoms with Crippen molar-refractivity contribution in [2.45, 2.75) is 12.8 Å². The average Bonchev–Trinajstić information content (AvgIpc) is 2.97. The molecule has 116 valence electrons. The zero-order chi connectivity index (χ0) is 15.5. The Morgan fingerprint density at radius 1 is 1.36 bits per heavy atom. The van der Waals surface area contributed by atoms with Crippen molar-refractivity contribution in [2.24, 2.45) is 0 Å². The third kappa shape index (κ3) is 3.39. The molecule has 22 heavy (non-hydrogen) atoms. The number of hydrogen-bond acceptors (Lipinski definition) is 3. The van der Waals surface area contributed by atoms with Gasteiger partial charge in [-0.25, -0.2) is 0 Å². The highest BCUT2D eigenvalue weighted by Gasteiger charge is 2.16. The second-order valence-electron chi connectivity index (χ2n) is 6.00. The second kappa shape index (κ2) is 6.63. The maximum absolute atomic E-state index is 12.5. The first-order valence-corrected chi connectivity index (χ1v) is 8.55. The Morgan fingerprint density at radius 2 is 2.18 bits per heavy atom. The number of carbonyl (C=O) groups excluding carboxylic acids is 1. The minimum absolute atomic E-state index is 0.134. The normalized spacial score (nSPS) is 15.8. The molecule has 3 nitrogen and oxygen atoms in total. The lowest BCUT2D eigenvalue weighted by Gasteiger charge is -2.23. The van der Waals surface area contributed by atoms with E-state index in [2.05, 4.69) is 30.2 Å². The Kier molecular flexibility index (Phi) is 4.60. The standard InChI is InChI=1S/C18H22N2OS/c1-19-10-7-14(8-11-19)9-12-20(2)18(21)17-13-15-5-3-4-6-16(15)22-17/h3-7,13H,8-12H2,1-2H3. The lowest BCUT2D eigenvalue weighted by molar-refractivity contribution is 0.0801. The summed E-state index contributed by atoms with van der Waals surface area (Å²) in [7, 11) is 4.05. The van der Waals surface area contributed by atoms with Crippen molar-refractivity contribution < 1.29 is 4.79 Å². The fourth-order valence-corrected chi connectivity index (χ4v) is 3.79. The van der Waals surface area contributed by atoms with Crippen molar-refractivity contribution in [2.75, 3.05) is 33.7 Å². The number of thiophene rings is 1. The Morgan fingerprint density at radius 3 is 2.91 bits per heavy atom. The van der Waals surface area contributed by atoms with Gasteiger partial charge in [0.25, 0.3) is 5.91 Å². The van der Waals surface area contributed by atoms with Gasteiger partial charge in [0.05, 0.1) is 4.88 Å². The van der Waals surface area contributed by atoms with E-state index in [0.29, 0.717) is 0 Å². The third-order valence-corrected chi connectivity index (χ3v) is 5.36. The van der Waals surface area contributed by atoms with Gasteiger partial charge in [-0.3, -0.25) is 4.79 Å². The molecule has 1 aromatic carbocycles. The van der Waals surface area contributed by atoms with Crippen LogP contribution in [0.1, 0.15) is 22.5 Å². The van der Waals surface area contributed by atoms with Crippen LogP contribution in [0.4, 0.5) is 0 Å². The predicted molar refractivity (Wildman–Crippen MR) is 93.6 cm³/mol. The van der Waals surface area contributed by atoms with Gasteiger partial charge in [0.15, 0.2) is 0 Å². The molecule has 3 rings (SSSR count). The molecule has 0 saturated carbocycles. The maximum atomic E-state index is 12.5. The molecule has 0 spiro atoms. The van der Waals surface area contributed by atoms with Crippen molar-refractivity contribution >= 4 is 27.3 Å². The summed E-state index contributed by atoms with van der Waals surface area (Å²) in [5, 5.41) is 1.15. The molecular weight excluding hydrogens is 292 g/mol. The minimum atomic E-state index is 0.134. The second-order valence-corrected chi connectivity index (χ2v) is 7.08. The van der Waals surface area contributed by atoms with Crippen molar-refractivity contribution in [3.8, 4) is 0 Å². The molecule has 0 saturated heterocycles. The molecule has 2 aromatic rings. The van der Waals surface area contributed by atoms with E-state index in [-0.39, 0.29) is 5.91 Å². The predicted octanol–water partition coefficient (Wildman–Crippen LogP) is 3.63. The van der Waals surface area contributed by atoms with E-state index in [4.69, 9.17) is 0 Å². The summed E-state index contributed by atoms with van der Waals surface area (Å²) in [5.41, 5.74) is 1.48. The maximum Gasteiger partial charge on any atom is 0.263 e. The van der Waals surface area contributed by atoms with Crippen molar-refractivity contribution in [1.29, 1.82) is 0 Å². The molecule has 0 bridgehead atoms. The van der Waals surface area contributed by atoms with Crippen LogP contribution < -0.4 is 0 Å². The first kappa shape index (κ1) is 15.3. The Hall–Kier alpha value is -1.65. The number of likely N-dealkylation sites (N-methyl/N-ethyl adjacent to an activating group) is 1. The zero-order valence-corrected chi connectivity index (χ0v) is 14.0. The topological polar surface area (TPSA) is 23.6 Å². The van der Waals surface area contributed by atoms with Crippen LogP contribution >= 0.6 is 11.3 Å². The first-order valence-electron chi connectivity index (χ1n) is 7.74. The number of amides is 1. The molecule has 0 fully saturated rings. The monoisotopic (exact) mass is 314 g/mol. The third-order valence-electron chi connectivity index (χ3n) is 4.26. The van der Waals surface area contributed by atoms with E-state index >= 15 is 0 Å². The molecule has 0 unspecified atom stereocenters. The molecule has 1 aliphatic heterocycles. The van der Waals surface area contributed by atoms with Gasteiger partial charge in [0.1, 0.15) is 0 Å². The SMILES string of the molecule is CN1CC=C(CCN(C)C(=O)c2cc3ccccc3s2)CC1. The van der Waals surface area contributed by atoms with Crippen LogP contribution in [0, 0.1) is 0 Å². The highest BCUT2D eigenvalue weighted by molar-refractivity contribution is 7.20. The summed E-state index contributed by atoms with van der Waals surface area (Å²) < 4.78 is 1.18. The summed E-state index contributed by atoms with van der Waals surface area (Å²) in [6, 6.07) is 10.2. The van der Waals surface area contributed by atoms with Crippen LogP contribution in [-0.4, -0.2) is 49.4 Å². The number of fused-ring (bicyclic) bond motifs is 1. The molecule has 2 heterocycles. The quantitative estimate of drug-likeness (QED) is 0.805. The molecule has 0 radical (unpaired) electrons. The van der Waals surface area contributed by atoms with E-state index in [1.165, 1.54) is 10.3 Å². The molecule has 4 heteroatoms. The lowest BCUT2D eigenvalue weighted by Crippen LogP contribution is -2.29. The number of rotatable bonds is 4. The fourth-order valence-electron chi connectivity index (χ4n) is 2.73. The molecule has 1 amide bonds. The van der Waals surface area contributed by atoms with E-state index in [1.54, 1.807) is 11.3 Å². The van der Waals surface area contributed by atoms with E-state index in [9.17, 15) is 4.79 Å². The van der Waals surface area contributed by atoms with Crippen LogP contribution in [0.3, 0.4) is 0 Å². The van der Waals surface area contributed by atoms with Gasteiger partial charge >= 0.3 is 0 Å². The van der Waals surface area contributed by atoms with Gasteiger partial charge in [0, 0.05) is 31.4 Å². The number of nitrogens with zero attached hydrogens (tertiary/aromatic N) is 2. The summed E-state index contributed by atoms with van der Waals surface area (Å²) >= 11 is 1.58. The Bertz CT molecular complexity index is 671. The summed E-state index contributed by atoms with van der Waals surface area (Å²) in [4.78, 5) is 17.5. The number of hydrogen-bond donors (Lipinski definition) is 0.